The van der Waals surface area contributed by atoms with Crippen LogP contribution in [0, 0.1) is 0 Å². The Balaban J connectivity index is 2.39. The number of carbonyl (C=O) groups is 2. The highest BCUT2D eigenvalue weighted by atomic mass is 16.4. The molecule has 5 heteroatoms. The van der Waals surface area contributed by atoms with Gasteiger partial charge in [0.2, 0.25) is 0 Å². The summed E-state index contributed by atoms with van der Waals surface area (Å²) >= 11 is 0. The van der Waals surface area contributed by atoms with Crippen LogP contribution in [-0.4, -0.2) is 26.4 Å². The van der Waals surface area contributed by atoms with Gasteiger partial charge in [-0.1, -0.05) is 0 Å². The van der Waals surface area contributed by atoms with E-state index < -0.39 is 18.2 Å². The number of imidazole rings is 1. The van der Waals surface area contributed by atoms with Crippen LogP contribution in [-0.2, 0) is 11.8 Å². The number of carbonyl (C=O) groups excluding carboxylic acids is 1. The summed E-state index contributed by atoms with van der Waals surface area (Å²) in [5.74, 6) is -1.52. The van der Waals surface area contributed by atoms with E-state index in [2.05, 4.69) is 4.98 Å². The molecule has 0 aliphatic carbocycles. The topological polar surface area (TPSA) is 72.2 Å². The van der Waals surface area contributed by atoms with Gasteiger partial charge in [-0.05, 0) is 18.2 Å². The molecule has 0 atom stereocenters. The van der Waals surface area contributed by atoms with Crippen molar-refractivity contribution in [3.63, 3.8) is 0 Å². The summed E-state index contributed by atoms with van der Waals surface area (Å²) < 4.78 is 1.83. The van der Waals surface area contributed by atoms with E-state index >= 15 is 0 Å². The highest BCUT2D eigenvalue weighted by Crippen LogP contribution is 2.15. The predicted molar refractivity (Wildman–Crippen MR) is 57.3 cm³/mol. The highest BCUT2D eigenvalue weighted by Gasteiger charge is 2.11. The number of nitrogens with zero attached hydrogens (tertiary/aromatic N) is 2. The molecule has 0 spiro atoms. The molecule has 0 aliphatic heterocycles. The lowest BCUT2D eigenvalue weighted by atomic mass is 10.1. The van der Waals surface area contributed by atoms with Gasteiger partial charge in [0.15, 0.2) is 5.78 Å². The van der Waals surface area contributed by atoms with Crippen molar-refractivity contribution in [1.82, 2.24) is 9.55 Å². The number of ketones is 1. The molecule has 0 aliphatic rings. The zero-order valence-electron chi connectivity index (χ0n) is 8.67. The molecule has 5 nitrogen and oxygen atoms in total. The Hall–Kier alpha value is -2.17. The van der Waals surface area contributed by atoms with Crippen molar-refractivity contribution >= 4 is 22.8 Å². The fourth-order valence-electron chi connectivity index (χ4n) is 1.55. The summed E-state index contributed by atoms with van der Waals surface area (Å²) in [7, 11) is 1.86. The van der Waals surface area contributed by atoms with Crippen molar-refractivity contribution in [2.24, 2.45) is 7.05 Å². The number of carboxylic acid groups (broad SMARTS) is 1. The number of Topliss-reactive ketones (excluding diaryl/α,β-unsaturated/α-hetero) is 1. The number of fused-ring (bicyclic) bond motifs is 1. The van der Waals surface area contributed by atoms with Gasteiger partial charge >= 0.3 is 5.97 Å². The molecule has 0 saturated heterocycles. The SMILES string of the molecule is Cn1cnc2cc(C(=O)CC(=O)O)ccc21. The minimum atomic E-state index is -1.12. The van der Waals surface area contributed by atoms with Crippen molar-refractivity contribution in [1.29, 1.82) is 0 Å². The van der Waals surface area contributed by atoms with Crippen LogP contribution in [0.25, 0.3) is 11.0 Å². The van der Waals surface area contributed by atoms with Crippen LogP contribution in [0.5, 0.6) is 0 Å². The molecule has 82 valence electrons. The zero-order chi connectivity index (χ0) is 11.7. The summed E-state index contributed by atoms with van der Waals surface area (Å²) in [6.07, 6.45) is 1.16. The van der Waals surface area contributed by atoms with E-state index in [-0.39, 0.29) is 0 Å². The second kappa shape index (κ2) is 3.77. The van der Waals surface area contributed by atoms with Gasteiger partial charge in [-0.15, -0.1) is 0 Å². The van der Waals surface area contributed by atoms with E-state index in [0.29, 0.717) is 11.1 Å². The Bertz CT molecular complexity index is 572. The Kier molecular flexibility index (Phi) is 2.44. The smallest absolute Gasteiger partial charge is 0.311 e. The van der Waals surface area contributed by atoms with E-state index in [1.54, 1.807) is 24.5 Å². The monoisotopic (exact) mass is 218 g/mol. The van der Waals surface area contributed by atoms with Gasteiger partial charge in [0.05, 0.1) is 17.4 Å². The Morgan fingerprint density at radius 1 is 1.44 bits per heavy atom. The molecule has 0 amide bonds. The molecule has 2 rings (SSSR count). The maximum atomic E-state index is 11.5. The molecular weight excluding hydrogens is 208 g/mol. The molecule has 1 N–H and O–H groups in total. The minimum Gasteiger partial charge on any atom is -0.481 e. The normalized spacial score (nSPS) is 10.6. The van der Waals surface area contributed by atoms with Crippen LogP contribution < -0.4 is 0 Å². The van der Waals surface area contributed by atoms with Crippen LogP contribution in [0.3, 0.4) is 0 Å². The van der Waals surface area contributed by atoms with Crippen LogP contribution >= 0.6 is 0 Å². The van der Waals surface area contributed by atoms with E-state index in [1.165, 1.54) is 0 Å². The van der Waals surface area contributed by atoms with Crippen molar-refractivity contribution < 1.29 is 14.7 Å². The molecule has 16 heavy (non-hydrogen) atoms. The molecule has 0 radical (unpaired) electrons. The molecule has 0 bridgehead atoms. The van der Waals surface area contributed by atoms with Gasteiger partial charge in [-0.25, -0.2) is 4.98 Å². The summed E-state index contributed by atoms with van der Waals surface area (Å²) in [5, 5.41) is 8.52. The number of hydrogen-bond donors (Lipinski definition) is 1. The van der Waals surface area contributed by atoms with Crippen molar-refractivity contribution in [3.05, 3.63) is 30.1 Å². The summed E-state index contributed by atoms with van der Waals surface area (Å²) in [6, 6.07) is 4.99. The third-order valence-corrected chi connectivity index (χ3v) is 2.36. The molecule has 1 aromatic heterocycles. The van der Waals surface area contributed by atoms with E-state index in [0.717, 1.165) is 5.52 Å². The minimum absolute atomic E-state index is 0.383. The zero-order valence-corrected chi connectivity index (χ0v) is 8.67. The van der Waals surface area contributed by atoms with Gasteiger partial charge in [0.25, 0.3) is 0 Å². The number of aliphatic carboxylic acids is 1. The molecule has 0 unspecified atom stereocenters. The van der Waals surface area contributed by atoms with E-state index in [1.807, 2.05) is 11.6 Å². The second-order valence-corrected chi connectivity index (χ2v) is 3.55. The van der Waals surface area contributed by atoms with Gasteiger partial charge < -0.3 is 9.67 Å². The molecule has 1 heterocycles. The number of carboxylic acids is 1. The molecule has 0 fully saturated rings. The van der Waals surface area contributed by atoms with Crippen molar-refractivity contribution in [3.8, 4) is 0 Å². The number of hydrogen-bond acceptors (Lipinski definition) is 3. The van der Waals surface area contributed by atoms with Crippen LogP contribution in [0.15, 0.2) is 24.5 Å². The number of rotatable bonds is 3. The van der Waals surface area contributed by atoms with Crippen LogP contribution in [0.4, 0.5) is 0 Å². The number of aryl methyl sites for hydroxylation is 1. The summed E-state index contributed by atoms with van der Waals surface area (Å²) in [4.78, 5) is 26.0. The van der Waals surface area contributed by atoms with Crippen molar-refractivity contribution in [2.75, 3.05) is 0 Å². The average Bonchev–Trinajstić information content (AvgIpc) is 2.59. The third kappa shape index (κ3) is 1.79. The quantitative estimate of drug-likeness (QED) is 0.621. The average molecular weight is 218 g/mol. The van der Waals surface area contributed by atoms with Gasteiger partial charge in [-0.3, -0.25) is 9.59 Å². The maximum absolute atomic E-state index is 11.5. The lowest BCUT2D eigenvalue weighted by Gasteiger charge is -1.99. The molecule has 1 aromatic carbocycles. The second-order valence-electron chi connectivity index (χ2n) is 3.55. The molecule has 0 saturated carbocycles. The largest absolute Gasteiger partial charge is 0.481 e. The maximum Gasteiger partial charge on any atom is 0.311 e. The fraction of sp³-hybridized carbons (Fsp3) is 0.182. The fourth-order valence-corrected chi connectivity index (χ4v) is 1.55. The van der Waals surface area contributed by atoms with Crippen LogP contribution in [0.1, 0.15) is 16.8 Å². The Morgan fingerprint density at radius 3 is 2.88 bits per heavy atom. The highest BCUT2D eigenvalue weighted by molar-refractivity contribution is 6.06. The lowest BCUT2D eigenvalue weighted by Crippen LogP contribution is -2.06. The first-order valence-corrected chi connectivity index (χ1v) is 4.74. The van der Waals surface area contributed by atoms with Crippen molar-refractivity contribution in [2.45, 2.75) is 6.42 Å². The van der Waals surface area contributed by atoms with Crippen LogP contribution in [0.2, 0.25) is 0 Å². The first-order valence-electron chi connectivity index (χ1n) is 4.74. The molecule has 2 aromatic rings. The first kappa shape index (κ1) is 10.4. The Labute approximate surface area is 91.3 Å². The molecular formula is C11H10N2O3. The van der Waals surface area contributed by atoms with Gasteiger partial charge in [-0.2, -0.15) is 0 Å². The Morgan fingerprint density at radius 2 is 2.19 bits per heavy atom. The van der Waals surface area contributed by atoms with E-state index in [4.69, 9.17) is 5.11 Å². The van der Waals surface area contributed by atoms with E-state index in [9.17, 15) is 9.59 Å². The summed E-state index contributed by atoms with van der Waals surface area (Å²) in [6.45, 7) is 0. The standard InChI is InChI=1S/C11H10N2O3/c1-13-6-12-8-4-7(2-3-9(8)13)10(14)5-11(15)16/h2-4,6H,5H2,1H3,(H,15,16). The number of aromatic nitrogens is 2. The number of benzene rings is 1. The predicted octanol–water partition coefficient (Wildman–Crippen LogP) is 1.23. The third-order valence-electron chi connectivity index (χ3n) is 2.36. The summed E-state index contributed by atoms with van der Waals surface area (Å²) in [5.41, 5.74) is 1.99. The first-order chi connectivity index (χ1) is 7.58. The lowest BCUT2D eigenvalue weighted by molar-refractivity contribution is -0.135. The van der Waals surface area contributed by atoms with Gasteiger partial charge in [0, 0.05) is 12.6 Å². The van der Waals surface area contributed by atoms with Gasteiger partial charge in [0.1, 0.15) is 6.42 Å².